The molecule has 0 saturated heterocycles. The monoisotopic (exact) mass is 421 g/mol. The third kappa shape index (κ3) is 4.69. The third-order valence-corrected chi connectivity index (χ3v) is 5.04. The molecule has 4 aromatic rings. The van der Waals surface area contributed by atoms with E-state index in [0.29, 0.717) is 5.13 Å². The van der Waals surface area contributed by atoms with E-state index in [4.69, 9.17) is 4.74 Å². The molecule has 0 aliphatic rings. The van der Waals surface area contributed by atoms with Crippen LogP contribution < -0.4 is 10.2 Å². The molecule has 0 bridgehead atoms. The highest BCUT2D eigenvalue weighted by atomic mass is 32.1. The van der Waals surface area contributed by atoms with Gasteiger partial charge in [0.15, 0.2) is 11.6 Å². The van der Waals surface area contributed by atoms with Gasteiger partial charge >= 0.3 is 0 Å². The van der Waals surface area contributed by atoms with E-state index in [2.05, 4.69) is 15.5 Å². The van der Waals surface area contributed by atoms with Crippen molar-refractivity contribution >= 4 is 22.7 Å². The highest BCUT2D eigenvalue weighted by Crippen LogP contribution is 2.24. The van der Waals surface area contributed by atoms with Gasteiger partial charge in [-0.15, -0.1) is 11.3 Å². The van der Waals surface area contributed by atoms with E-state index in [-0.39, 0.29) is 12.4 Å². The summed E-state index contributed by atoms with van der Waals surface area (Å²) in [5.41, 5.74) is 6.43. The molecular formula is C23H17F2N3OS. The molecule has 7 heteroatoms. The van der Waals surface area contributed by atoms with Crippen molar-refractivity contribution in [2.24, 2.45) is 5.10 Å². The van der Waals surface area contributed by atoms with Crippen LogP contribution in [0, 0.1) is 11.6 Å². The Morgan fingerprint density at radius 2 is 1.77 bits per heavy atom. The van der Waals surface area contributed by atoms with Crippen LogP contribution in [-0.4, -0.2) is 11.2 Å². The van der Waals surface area contributed by atoms with Crippen LogP contribution in [0.25, 0.3) is 11.3 Å². The Hall–Kier alpha value is -3.58. The van der Waals surface area contributed by atoms with Crippen LogP contribution in [0.5, 0.6) is 5.75 Å². The Balaban J connectivity index is 1.42. The Morgan fingerprint density at radius 1 is 0.967 bits per heavy atom. The molecule has 150 valence electrons. The lowest BCUT2D eigenvalue weighted by atomic mass is 10.1. The first-order valence-electron chi connectivity index (χ1n) is 9.15. The van der Waals surface area contributed by atoms with Gasteiger partial charge in [-0.1, -0.05) is 60.7 Å². The molecule has 1 heterocycles. The van der Waals surface area contributed by atoms with Crippen LogP contribution in [-0.2, 0) is 6.61 Å². The van der Waals surface area contributed by atoms with Gasteiger partial charge in [-0.25, -0.2) is 9.37 Å². The zero-order valence-corrected chi connectivity index (χ0v) is 16.6. The Bertz CT molecular complexity index is 1160. The summed E-state index contributed by atoms with van der Waals surface area (Å²) in [6.45, 7) is 0.0813. The van der Waals surface area contributed by atoms with E-state index in [1.807, 2.05) is 60.0 Å². The number of hydrogen-bond donors (Lipinski definition) is 1. The maximum absolute atomic E-state index is 13.8. The lowest BCUT2D eigenvalue weighted by molar-refractivity contribution is 0.284. The van der Waals surface area contributed by atoms with E-state index >= 15 is 0 Å². The van der Waals surface area contributed by atoms with Crippen molar-refractivity contribution in [1.82, 2.24) is 4.98 Å². The quantitative estimate of drug-likeness (QED) is 0.289. The van der Waals surface area contributed by atoms with Crippen molar-refractivity contribution in [1.29, 1.82) is 0 Å². The molecule has 0 aliphatic heterocycles. The number of benzene rings is 3. The fourth-order valence-corrected chi connectivity index (χ4v) is 3.43. The molecule has 4 rings (SSSR count). The number of hydrazone groups is 1. The van der Waals surface area contributed by atoms with Gasteiger partial charge in [-0.05, 0) is 17.7 Å². The van der Waals surface area contributed by atoms with Crippen LogP contribution >= 0.6 is 11.3 Å². The summed E-state index contributed by atoms with van der Waals surface area (Å²) in [7, 11) is 0. The average Bonchev–Trinajstić information content (AvgIpc) is 3.25. The van der Waals surface area contributed by atoms with Gasteiger partial charge < -0.3 is 4.74 Å². The van der Waals surface area contributed by atoms with E-state index in [9.17, 15) is 8.78 Å². The number of rotatable bonds is 7. The van der Waals surface area contributed by atoms with Gasteiger partial charge in [0.2, 0.25) is 10.9 Å². The summed E-state index contributed by atoms with van der Waals surface area (Å²) in [6, 6.07) is 21.2. The fourth-order valence-electron chi connectivity index (χ4n) is 2.77. The van der Waals surface area contributed by atoms with Gasteiger partial charge in [-0.3, -0.25) is 5.43 Å². The predicted molar refractivity (Wildman–Crippen MR) is 116 cm³/mol. The minimum atomic E-state index is -0.997. The smallest absolute Gasteiger partial charge is 0.203 e. The van der Waals surface area contributed by atoms with Crippen LogP contribution in [0.1, 0.15) is 11.1 Å². The van der Waals surface area contributed by atoms with Crippen molar-refractivity contribution in [3.63, 3.8) is 0 Å². The number of anilines is 1. The second kappa shape index (κ2) is 9.28. The van der Waals surface area contributed by atoms with Crippen molar-refractivity contribution in [3.8, 4) is 17.0 Å². The van der Waals surface area contributed by atoms with Crippen LogP contribution in [0.2, 0.25) is 0 Å². The van der Waals surface area contributed by atoms with Crippen LogP contribution in [0.15, 0.2) is 83.3 Å². The number of ether oxygens (including phenoxy) is 1. The summed E-state index contributed by atoms with van der Waals surface area (Å²) in [5.74, 6) is -2.07. The molecule has 0 fully saturated rings. The first-order chi connectivity index (χ1) is 14.7. The standard InChI is InChI=1S/C23H17F2N3OS/c24-19-11-6-12-21(22(19)25)29-14-18-10-5-4-9-17(18)13-26-28-23-27-20(15-30-23)16-7-2-1-3-8-16/h1-13,15H,14H2,(H,27,28). The van der Waals surface area contributed by atoms with Crippen molar-refractivity contribution < 1.29 is 13.5 Å². The van der Waals surface area contributed by atoms with E-state index in [0.717, 1.165) is 28.5 Å². The second-order valence-electron chi connectivity index (χ2n) is 6.31. The number of aromatic nitrogens is 1. The SMILES string of the molecule is Fc1cccc(OCc2ccccc2C=NNc2nc(-c3ccccc3)cs2)c1F. The van der Waals surface area contributed by atoms with E-state index in [1.165, 1.54) is 23.5 Å². The molecule has 3 aromatic carbocycles. The molecule has 0 unspecified atom stereocenters. The molecule has 30 heavy (non-hydrogen) atoms. The fraction of sp³-hybridized carbons (Fsp3) is 0.0435. The summed E-state index contributed by atoms with van der Waals surface area (Å²) in [6.07, 6.45) is 1.64. The summed E-state index contributed by atoms with van der Waals surface area (Å²) >= 11 is 1.46. The topological polar surface area (TPSA) is 46.5 Å². The first kappa shape index (κ1) is 19.7. The first-order valence-corrected chi connectivity index (χ1v) is 10.0. The number of halogens is 2. The highest BCUT2D eigenvalue weighted by molar-refractivity contribution is 7.14. The zero-order chi connectivity index (χ0) is 20.8. The van der Waals surface area contributed by atoms with Gasteiger partial charge in [0.05, 0.1) is 11.9 Å². The molecule has 0 spiro atoms. The molecule has 0 atom stereocenters. The molecular weight excluding hydrogens is 404 g/mol. The Morgan fingerprint density at radius 3 is 2.63 bits per heavy atom. The number of nitrogens with zero attached hydrogens (tertiary/aromatic N) is 2. The minimum Gasteiger partial charge on any atom is -0.486 e. The number of thiazole rings is 1. The van der Waals surface area contributed by atoms with Crippen molar-refractivity contribution in [2.75, 3.05) is 5.43 Å². The summed E-state index contributed by atoms with van der Waals surface area (Å²) in [5, 5.41) is 6.88. The molecule has 0 saturated carbocycles. The molecule has 0 aliphatic carbocycles. The Kier molecular flexibility index (Phi) is 6.10. The third-order valence-electron chi connectivity index (χ3n) is 4.29. The van der Waals surface area contributed by atoms with Crippen LogP contribution in [0.4, 0.5) is 13.9 Å². The van der Waals surface area contributed by atoms with Crippen molar-refractivity contribution in [2.45, 2.75) is 6.61 Å². The van der Waals surface area contributed by atoms with E-state index in [1.54, 1.807) is 6.21 Å². The molecule has 0 amide bonds. The molecule has 1 aromatic heterocycles. The zero-order valence-electron chi connectivity index (χ0n) is 15.8. The Labute approximate surface area is 176 Å². The number of hydrogen-bond acceptors (Lipinski definition) is 5. The number of nitrogens with one attached hydrogen (secondary N) is 1. The molecule has 1 N–H and O–H groups in total. The van der Waals surface area contributed by atoms with Crippen molar-refractivity contribution in [3.05, 3.63) is 101 Å². The summed E-state index contributed by atoms with van der Waals surface area (Å²) < 4.78 is 32.6. The highest BCUT2D eigenvalue weighted by Gasteiger charge is 2.09. The largest absolute Gasteiger partial charge is 0.486 e. The maximum atomic E-state index is 13.8. The second-order valence-corrected chi connectivity index (χ2v) is 7.17. The van der Waals surface area contributed by atoms with Gasteiger partial charge in [0.25, 0.3) is 0 Å². The molecule has 4 nitrogen and oxygen atoms in total. The van der Waals surface area contributed by atoms with Gasteiger partial charge in [0.1, 0.15) is 6.61 Å². The lowest BCUT2D eigenvalue weighted by Gasteiger charge is -2.09. The summed E-state index contributed by atoms with van der Waals surface area (Å²) in [4.78, 5) is 4.52. The predicted octanol–water partition coefficient (Wildman–Crippen LogP) is 6.11. The van der Waals surface area contributed by atoms with Gasteiger partial charge in [0, 0.05) is 16.5 Å². The normalized spacial score (nSPS) is 11.0. The van der Waals surface area contributed by atoms with Crippen LogP contribution in [0.3, 0.4) is 0 Å². The average molecular weight is 421 g/mol. The molecule has 0 radical (unpaired) electrons. The lowest BCUT2D eigenvalue weighted by Crippen LogP contribution is -2.02. The van der Waals surface area contributed by atoms with E-state index < -0.39 is 11.6 Å². The van der Waals surface area contributed by atoms with Gasteiger partial charge in [-0.2, -0.15) is 9.49 Å². The maximum Gasteiger partial charge on any atom is 0.203 e. The minimum absolute atomic E-state index is 0.0813.